The molecule has 3 aromatic rings. The summed E-state index contributed by atoms with van der Waals surface area (Å²) in [5.74, 6) is 1.99. The van der Waals surface area contributed by atoms with Gasteiger partial charge in [0.1, 0.15) is 23.9 Å². The van der Waals surface area contributed by atoms with Gasteiger partial charge in [0.15, 0.2) is 0 Å². The van der Waals surface area contributed by atoms with Crippen molar-refractivity contribution in [3.63, 3.8) is 0 Å². The highest BCUT2D eigenvalue weighted by atomic mass is 32.1. The van der Waals surface area contributed by atoms with Gasteiger partial charge >= 0.3 is 0 Å². The maximum atomic E-state index is 9.57. The Morgan fingerprint density at radius 3 is 2.62 bits per heavy atom. The van der Waals surface area contributed by atoms with Crippen LogP contribution in [0.25, 0.3) is 10.1 Å². The Bertz CT molecular complexity index is 942. The Hall–Kier alpha value is -2.50. The molecule has 29 heavy (non-hydrogen) atoms. The van der Waals surface area contributed by atoms with Crippen LogP contribution in [0.4, 0.5) is 0 Å². The number of phenols is 1. The van der Waals surface area contributed by atoms with Crippen LogP contribution in [0.2, 0.25) is 0 Å². The van der Waals surface area contributed by atoms with Crippen LogP contribution < -0.4 is 9.47 Å². The van der Waals surface area contributed by atoms with Crippen molar-refractivity contribution in [2.24, 2.45) is 0 Å². The number of nitrogens with zero attached hydrogens (tertiary/aromatic N) is 1. The summed E-state index contributed by atoms with van der Waals surface area (Å²) in [5.41, 5.74) is 1.24. The van der Waals surface area contributed by atoms with Crippen LogP contribution in [-0.4, -0.2) is 36.2 Å². The highest BCUT2D eigenvalue weighted by molar-refractivity contribution is 7.17. The van der Waals surface area contributed by atoms with Crippen LogP contribution >= 0.6 is 11.3 Å². The van der Waals surface area contributed by atoms with Gasteiger partial charge in [0.05, 0.1) is 6.26 Å². The number of likely N-dealkylation sites (tertiary alicyclic amines) is 1. The number of thiophene rings is 1. The fraction of sp³-hybridized carbons (Fsp3) is 0.333. The summed E-state index contributed by atoms with van der Waals surface area (Å²) >= 11 is 1.65. The number of fused-ring (bicyclic) bond motifs is 1. The minimum Gasteiger partial charge on any atom is -0.508 e. The van der Waals surface area contributed by atoms with Crippen molar-refractivity contribution in [2.45, 2.75) is 25.7 Å². The fourth-order valence-corrected chi connectivity index (χ4v) is 4.63. The molecule has 1 fully saturated rings. The number of benzene rings is 2. The molecule has 0 aliphatic carbocycles. The van der Waals surface area contributed by atoms with Crippen molar-refractivity contribution in [2.75, 3.05) is 26.2 Å². The van der Waals surface area contributed by atoms with Crippen molar-refractivity contribution in [3.05, 3.63) is 65.7 Å². The molecule has 0 unspecified atom stereocenters. The van der Waals surface area contributed by atoms with Crippen molar-refractivity contribution in [1.82, 2.24) is 4.90 Å². The highest BCUT2D eigenvalue weighted by Gasteiger charge is 2.09. The molecule has 4 nitrogen and oxygen atoms in total. The van der Waals surface area contributed by atoms with Crippen LogP contribution in [0.15, 0.2) is 60.2 Å². The van der Waals surface area contributed by atoms with Gasteiger partial charge in [-0.1, -0.05) is 6.42 Å². The van der Waals surface area contributed by atoms with E-state index < -0.39 is 0 Å². The molecule has 0 amide bonds. The van der Waals surface area contributed by atoms with Crippen molar-refractivity contribution >= 4 is 21.4 Å². The Kier molecular flexibility index (Phi) is 6.70. The predicted molar refractivity (Wildman–Crippen MR) is 119 cm³/mol. The van der Waals surface area contributed by atoms with Crippen LogP contribution in [-0.2, 0) is 6.42 Å². The normalized spacial score (nSPS) is 15.2. The SMILES string of the molecule is Oc1ccc2c(CC=COc3ccc(OCCN4CCCCC4)cc3)csc2c1. The largest absolute Gasteiger partial charge is 0.508 e. The summed E-state index contributed by atoms with van der Waals surface area (Å²) < 4.78 is 12.7. The first-order valence-electron chi connectivity index (χ1n) is 10.2. The average molecular weight is 410 g/mol. The van der Waals surface area contributed by atoms with E-state index in [0.717, 1.165) is 35.8 Å². The lowest BCUT2D eigenvalue weighted by atomic mass is 10.1. The molecule has 0 atom stereocenters. The van der Waals surface area contributed by atoms with E-state index in [2.05, 4.69) is 10.3 Å². The van der Waals surface area contributed by atoms with E-state index in [4.69, 9.17) is 9.47 Å². The number of rotatable bonds is 8. The maximum Gasteiger partial charge on any atom is 0.126 e. The molecule has 5 heteroatoms. The average Bonchev–Trinajstić information content (AvgIpc) is 3.15. The monoisotopic (exact) mass is 409 g/mol. The van der Waals surface area contributed by atoms with Crippen LogP contribution in [0.5, 0.6) is 17.2 Å². The van der Waals surface area contributed by atoms with Crippen LogP contribution in [0.3, 0.4) is 0 Å². The quantitative estimate of drug-likeness (QED) is 0.491. The van der Waals surface area contributed by atoms with Gasteiger partial charge < -0.3 is 14.6 Å². The molecule has 1 aromatic heterocycles. The summed E-state index contributed by atoms with van der Waals surface area (Å²) in [6.07, 6.45) is 8.52. The zero-order chi connectivity index (χ0) is 19.9. The van der Waals surface area contributed by atoms with Crippen LogP contribution in [0.1, 0.15) is 24.8 Å². The molecular formula is C24H27NO3S. The third-order valence-electron chi connectivity index (χ3n) is 5.23. The fourth-order valence-electron chi connectivity index (χ4n) is 3.62. The Morgan fingerprint density at radius 1 is 1.00 bits per heavy atom. The lowest BCUT2D eigenvalue weighted by Gasteiger charge is -2.26. The summed E-state index contributed by atoms with van der Waals surface area (Å²) in [5, 5.41) is 12.9. The minimum absolute atomic E-state index is 0.309. The molecule has 1 aliphatic heterocycles. The van der Waals surface area contributed by atoms with Crippen molar-refractivity contribution in [3.8, 4) is 17.2 Å². The van der Waals surface area contributed by atoms with E-state index in [1.807, 2.05) is 36.4 Å². The molecule has 1 N–H and O–H groups in total. The van der Waals surface area contributed by atoms with Gasteiger partial charge in [0.2, 0.25) is 0 Å². The topological polar surface area (TPSA) is 41.9 Å². The summed E-state index contributed by atoms with van der Waals surface area (Å²) in [4.78, 5) is 2.48. The molecule has 4 rings (SSSR count). The van der Waals surface area contributed by atoms with Gasteiger partial charge in [0, 0.05) is 11.2 Å². The van der Waals surface area contributed by atoms with Gasteiger partial charge in [-0.15, -0.1) is 11.3 Å². The zero-order valence-electron chi connectivity index (χ0n) is 16.5. The summed E-state index contributed by atoms with van der Waals surface area (Å²) in [7, 11) is 0. The maximum absolute atomic E-state index is 9.57. The minimum atomic E-state index is 0.309. The Balaban J connectivity index is 1.22. The number of ether oxygens (including phenoxy) is 2. The molecule has 0 saturated carbocycles. The lowest BCUT2D eigenvalue weighted by molar-refractivity contribution is 0.183. The molecular weight excluding hydrogens is 382 g/mol. The van der Waals surface area contributed by atoms with E-state index in [-0.39, 0.29) is 0 Å². The standard InChI is InChI=1S/C24H27NO3S/c26-20-6-11-23-19(18-29-24(23)17-20)5-4-15-27-21-7-9-22(10-8-21)28-16-14-25-12-2-1-3-13-25/h4,6-11,15,17-18,26H,1-3,5,12-14,16H2. The van der Waals surface area contributed by atoms with E-state index in [9.17, 15) is 5.11 Å². The van der Waals surface area contributed by atoms with E-state index in [0.29, 0.717) is 5.75 Å². The van der Waals surface area contributed by atoms with Gasteiger partial charge in [-0.3, -0.25) is 4.90 Å². The smallest absolute Gasteiger partial charge is 0.126 e. The molecule has 152 valence electrons. The lowest BCUT2D eigenvalue weighted by Crippen LogP contribution is -2.33. The van der Waals surface area contributed by atoms with Crippen LogP contribution in [0, 0.1) is 0 Å². The second kappa shape index (κ2) is 9.81. The third-order valence-corrected chi connectivity index (χ3v) is 6.22. The first kappa shape index (κ1) is 19.8. The molecule has 1 aliphatic rings. The van der Waals surface area contributed by atoms with Gasteiger partial charge in [-0.2, -0.15) is 0 Å². The van der Waals surface area contributed by atoms with Gasteiger partial charge in [-0.05, 0) is 97.2 Å². The number of hydrogen-bond donors (Lipinski definition) is 1. The van der Waals surface area contributed by atoms with Gasteiger partial charge in [0.25, 0.3) is 0 Å². The number of aromatic hydroxyl groups is 1. The number of hydrogen-bond acceptors (Lipinski definition) is 5. The number of piperidine rings is 1. The second-order valence-electron chi connectivity index (χ2n) is 7.36. The second-order valence-corrected chi connectivity index (χ2v) is 8.27. The first-order chi connectivity index (χ1) is 14.3. The Labute approximate surface area is 176 Å². The molecule has 0 radical (unpaired) electrons. The van der Waals surface area contributed by atoms with E-state index >= 15 is 0 Å². The molecule has 1 saturated heterocycles. The zero-order valence-corrected chi connectivity index (χ0v) is 17.4. The van der Waals surface area contributed by atoms with Gasteiger partial charge in [-0.25, -0.2) is 0 Å². The highest BCUT2D eigenvalue weighted by Crippen LogP contribution is 2.29. The molecule has 2 aromatic carbocycles. The number of phenolic OH excluding ortho intramolecular Hbond substituents is 1. The first-order valence-corrected chi connectivity index (χ1v) is 11.1. The Morgan fingerprint density at radius 2 is 1.79 bits per heavy atom. The van der Waals surface area contributed by atoms with Crippen molar-refractivity contribution < 1.29 is 14.6 Å². The van der Waals surface area contributed by atoms with Crippen molar-refractivity contribution in [1.29, 1.82) is 0 Å². The molecule has 0 bridgehead atoms. The molecule has 0 spiro atoms. The third kappa shape index (κ3) is 5.52. The van der Waals surface area contributed by atoms with E-state index in [1.54, 1.807) is 29.7 Å². The molecule has 2 heterocycles. The summed E-state index contributed by atoms with van der Waals surface area (Å²) in [6, 6.07) is 13.3. The summed E-state index contributed by atoms with van der Waals surface area (Å²) in [6.45, 7) is 4.13. The van der Waals surface area contributed by atoms with E-state index in [1.165, 1.54) is 43.3 Å². The predicted octanol–water partition coefficient (Wildman–Crippen LogP) is 5.61. The number of allylic oxidation sites excluding steroid dienone is 1.